The molecule has 2 aliphatic carbocycles. The largest absolute Gasteiger partial charge is 0.342 e. The molecule has 1 unspecified atom stereocenters. The Labute approximate surface area is 148 Å². The van der Waals surface area contributed by atoms with Crippen LogP contribution in [0.25, 0.3) is 0 Å². The third-order valence-corrected chi connectivity index (χ3v) is 6.62. The van der Waals surface area contributed by atoms with Gasteiger partial charge in [0.2, 0.25) is 11.8 Å². The molecule has 1 aromatic carbocycles. The van der Waals surface area contributed by atoms with E-state index < -0.39 is 0 Å². The topological polar surface area (TPSA) is 69.6 Å². The number of likely N-dealkylation sites (tertiary alicyclic amines) is 1. The third kappa shape index (κ3) is 3.17. The molecule has 4 rings (SSSR count). The maximum Gasteiger partial charge on any atom is 0.247 e. The van der Waals surface area contributed by atoms with Gasteiger partial charge in [0.25, 0.3) is 0 Å². The zero-order chi connectivity index (χ0) is 17.4. The fourth-order valence-electron chi connectivity index (χ4n) is 4.85. The number of nitrogens with one attached hydrogen (secondary N) is 1. The number of hydrogen-bond donors (Lipinski definition) is 2. The van der Waals surface area contributed by atoms with Crippen LogP contribution >= 0.6 is 0 Å². The Kier molecular flexibility index (Phi) is 4.28. The van der Waals surface area contributed by atoms with Crippen molar-refractivity contribution in [3.63, 3.8) is 0 Å². The summed E-state index contributed by atoms with van der Waals surface area (Å²) in [7, 11) is 0. The average Bonchev–Trinajstić information content (AvgIpc) is 3.22. The first-order valence-electron chi connectivity index (χ1n) is 9.40. The molecule has 2 N–H and O–H groups in total. The monoisotopic (exact) mass is 342 g/mol. The number of hydrogen-bond acceptors (Lipinski definition) is 3. The maximum atomic E-state index is 13.1. The van der Waals surface area contributed by atoms with Crippen LogP contribution < -0.4 is 5.48 Å². The van der Waals surface area contributed by atoms with E-state index in [1.54, 1.807) is 5.48 Å². The van der Waals surface area contributed by atoms with Crippen molar-refractivity contribution in [3.05, 3.63) is 35.9 Å². The predicted octanol–water partition coefficient (Wildman–Crippen LogP) is 2.70. The van der Waals surface area contributed by atoms with Gasteiger partial charge in [-0.05, 0) is 49.5 Å². The van der Waals surface area contributed by atoms with Crippen molar-refractivity contribution in [2.45, 2.75) is 44.4 Å². The van der Waals surface area contributed by atoms with Crippen LogP contribution in [0.15, 0.2) is 30.3 Å². The average molecular weight is 342 g/mol. The van der Waals surface area contributed by atoms with Crippen LogP contribution in [-0.4, -0.2) is 35.0 Å². The molecule has 1 saturated heterocycles. The van der Waals surface area contributed by atoms with Crippen LogP contribution in [0.3, 0.4) is 0 Å². The lowest BCUT2D eigenvalue weighted by Crippen LogP contribution is -2.46. The summed E-state index contributed by atoms with van der Waals surface area (Å²) < 4.78 is 0. The highest BCUT2D eigenvalue weighted by molar-refractivity contribution is 5.87. The second-order valence-corrected chi connectivity index (χ2v) is 8.11. The summed E-state index contributed by atoms with van der Waals surface area (Å²) >= 11 is 0. The Morgan fingerprint density at radius 3 is 2.52 bits per heavy atom. The summed E-state index contributed by atoms with van der Waals surface area (Å²) in [6.45, 7) is 1.49. The number of carbonyl (C=O) groups is 2. The minimum Gasteiger partial charge on any atom is -0.342 e. The molecule has 2 amide bonds. The van der Waals surface area contributed by atoms with Crippen molar-refractivity contribution in [1.82, 2.24) is 10.4 Å². The van der Waals surface area contributed by atoms with Gasteiger partial charge in [-0.2, -0.15) is 0 Å². The molecule has 0 radical (unpaired) electrons. The summed E-state index contributed by atoms with van der Waals surface area (Å²) in [4.78, 5) is 27.2. The Morgan fingerprint density at radius 1 is 1.08 bits per heavy atom. The summed E-state index contributed by atoms with van der Waals surface area (Å²) in [5.74, 6) is -0.572. The minimum atomic E-state index is -0.386. The van der Waals surface area contributed by atoms with E-state index in [0.717, 1.165) is 51.6 Å². The van der Waals surface area contributed by atoms with E-state index in [9.17, 15) is 9.59 Å². The molecule has 1 aliphatic heterocycles. The Bertz CT molecular complexity index is 656. The van der Waals surface area contributed by atoms with Crippen molar-refractivity contribution in [2.24, 2.45) is 17.3 Å². The van der Waals surface area contributed by atoms with E-state index in [1.165, 1.54) is 5.56 Å². The molecule has 25 heavy (non-hydrogen) atoms. The smallest absolute Gasteiger partial charge is 0.247 e. The Morgan fingerprint density at radius 2 is 1.84 bits per heavy atom. The Hall–Kier alpha value is -1.88. The number of nitrogens with zero attached hydrogens (tertiary/aromatic N) is 1. The summed E-state index contributed by atoms with van der Waals surface area (Å²) in [6.07, 6.45) is 5.83. The molecule has 1 aromatic rings. The first-order chi connectivity index (χ1) is 12.1. The SMILES string of the molecule is O=C(NO)[C@H]1CC2(CC[C@@H]1C(=O)N1CCC(c3ccccc3)C1)CC2. The quantitative estimate of drug-likeness (QED) is 0.655. The van der Waals surface area contributed by atoms with Crippen molar-refractivity contribution in [2.75, 3.05) is 13.1 Å². The van der Waals surface area contributed by atoms with Crippen molar-refractivity contribution >= 4 is 11.8 Å². The van der Waals surface area contributed by atoms with E-state index in [0.29, 0.717) is 5.92 Å². The number of benzene rings is 1. The minimum absolute atomic E-state index is 0.0996. The van der Waals surface area contributed by atoms with E-state index in [1.807, 2.05) is 23.1 Å². The zero-order valence-electron chi connectivity index (χ0n) is 14.5. The number of amides is 2. The molecule has 3 fully saturated rings. The maximum absolute atomic E-state index is 13.1. The second-order valence-electron chi connectivity index (χ2n) is 8.11. The molecule has 0 aromatic heterocycles. The molecule has 5 nitrogen and oxygen atoms in total. The molecule has 3 aliphatic rings. The van der Waals surface area contributed by atoms with E-state index in [-0.39, 0.29) is 29.1 Å². The Balaban J connectivity index is 1.45. The normalized spacial score (nSPS) is 30.3. The van der Waals surface area contributed by atoms with Crippen molar-refractivity contribution in [1.29, 1.82) is 0 Å². The predicted molar refractivity (Wildman–Crippen MR) is 92.8 cm³/mol. The molecular formula is C20H26N2O3. The molecule has 1 heterocycles. The van der Waals surface area contributed by atoms with Gasteiger partial charge in [-0.3, -0.25) is 14.8 Å². The highest BCUT2D eigenvalue weighted by Crippen LogP contribution is 2.59. The van der Waals surface area contributed by atoms with E-state index >= 15 is 0 Å². The zero-order valence-corrected chi connectivity index (χ0v) is 14.5. The van der Waals surface area contributed by atoms with Gasteiger partial charge < -0.3 is 4.90 Å². The van der Waals surface area contributed by atoms with Crippen LogP contribution in [0, 0.1) is 17.3 Å². The van der Waals surface area contributed by atoms with Gasteiger partial charge in [0.05, 0.1) is 5.92 Å². The summed E-state index contributed by atoms with van der Waals surface area (Å²) in [6, 6.07) is 10.3. The van der Waals surface area contributed by atoms with Gasteiger partial charge in [-0.25, -0.2) is 5.48 Å². The lowest BCUT2D eigenvalue weighted by molar-refractivity contribution is -0.147. The van der Waals surface area contributed by atoms with Crippen LogP contribution in [-0.2, 0) is 9.59 Å². The van der Waals surface area contributed by atoms with E-state index in [2.05, 4.69) is 12.1 Å². The lowest BCUT2D eigenvalue weighted by atomic mass is 9.71. The fourth-order valence-corrected chi connectivity index (χ4v) is 4.85. The first-order valence-corrected chi connectivity index (χ1v) is 9.40. The lowest BCUT2D eigenvalue weighted by Gasteiger charge is -2.36. The fraction of sp³-hybridized carbons (Fsp3) is 0.600. The van der Waals surface area contributed by atoms with Crippen molar-refractivity contribution in [3.8, 4) is 0 Å². The van der Waals surface area contributed by atoms with Gasteiger partial charge in [0.1, 0.15) is 0 Å². The van der Waals surface area contributed by atoms with Crippen LogP contribution in [0.5, 0.6) is 0 Å². The summed E-state index contributed by atoms with van der Waals surface area (Å²) in [5.41, 5.74) is 3.35. The highest BCUT2D eigenvalue weighted by Gasteiger charge is 2.52. The molecule has 3 atom stereocenters. The van der Waals surface area contributed by atoms with E-state index in [4.69, 9.17) is 5.21 Å². The van der Waals surface area contributed by atoms with Crippen LogP contribution in [0.4, 0.5) is 0 Å². The second kappa shape index (κ2) is 6.45. The summed E-state index contributed by atoms with van der Waals surface area (Å²) in [5, 5.41) is 9.11. The molecular weight excluding hydrogens is 316 g/mol. The third-order valence-electron chi connectivity index (χ3n) is 6.62. The number of rotatable bonds is 3. The van der Waals surface area contributed by atoms with Crippen LogP contribution in [0.2, 0.25) is 0 Å². The van der Waals surface area contributed by atoms with Gasteiger partial charge >= 0.3 is 0 Å². The van der Waals surface area contributed by atoms with Gasteiger partial charge in [0, 0.05) is 24.9 Å². The van der Waals surface area contributed by atoms with Gasteiger partial charge in [-0.15, -0.1) is 0 Å². The number of carbonyl (C=O) groups excluding carboxylic acids is 2. The molecule has 134 valence electrons. The van der Waals surface area contributed by atoms with Crippen LogP contribution in [0.1, 0.15) is 50.0 Å². The molecule has 1 spiro atoms. The molecule has 5 heteroatoms. The highest BCUT2D eigenvalue weighted by atomic mass is 16.5. The first kappa shape index (κ1) is 16.6. The number of hydroxylamine groups is 1. The standard InChI is InChI=1S/C20H26N2O3/c23-18(21-25)17-12-20(9-10-20)8-6-16(17)19(24)22-11-7-15(13-22)14-4-2-1-3-5-14/h1-5,15-17,25H,6-13H2,(H,21,23)/t15?,16-,17-/m0/s1. The molecule has 0 bridgehead atoms. The molecule has 2 saturated carbocycles. The van der Waals surface area contributed by atoms with Gasteiger partial charge in [-0.1, -0.05) is 30.3 Å². The van der Waals surface area contributed by atoms with Crippen molar-refractivity contribution < 1.29 is 14.8 Å². The van der Waals surface area contributed by atoms with Gasteiger partial charge in [0.15, 0.2) is 0 Å².